The SMILES string of the molecule is Cc1nn(C)c(C)c1NC(=O)Cn1nc(C)c([N+](=O)[O-])c1C. The predicted molar refractivity (Wildman–Crippen MR) is 79.7 cm³/mol. The van der Waals surface area contributed by atoms with Gasteiger partial charge in [0.25, 0.3) is 0 Å². The van der Waals surface area contributed by atoms with Crippen LogP contribution >= 0.6 is 0 Å². The second-order valence-corrected chi connectivity index (χ2v) is 5.15. The first kappa shape index (κ1) is 15.7. The molecule has 0 aliphatic carbocycles. The topological polar surface area (TPSA) is 108 Å². The zero-order chi connectivity index (χ0) is 16.6. The van der Waals surface area contributed by atoms with Crippen LogP contribution in [-0.4, -0.2) is 30.4 Å². The van der Waals surface area contributed by atoms with E-state index in [2.05, 4.69) is 15.5 Å². The van der Waals surface area contributed by atoms with Gasteiger partial charge in [-0.15, -0.1) is 0 Å². The van der Waals surface area contributed by atoms with Gasteiger partial charge in [0.2, 0.25) is 5.91 Å². The molecule has 2 aromatic heterocycles. The Hall–Kier alpha value is -2.71. The van der Waals surface area contributed by atoms with Crippen molar-refractivity contribution in [3.05, 3.63) is 32.9 Å². The van der Waals surface area contributed by atoms with E-state index in [-0.39, 0.29) is 18.1 Å². The van der Waals surface area contributed by atoms with Crippen molar-refractivity contribution >= 4 is 17.3 Å². The van der Waals surface area contributed by atoms with Crippen molar-refractivity contribution in [2.45, 2.75) is 34.2 Å². The largest absolute Gasteiger partial charge is 0.321 e. The second kappa shape index (κ2) is 5.58. The maximum Gasteiger partial charge on any atom is 0.312 e. The number of aromatic nitrogens is 4. The Morgan fingerprint density at radius 1 is 1.18 bits per heavy atom. The van der Waals surface area contributed by atoms with Crippen LogP contribution in [0.3, 0.4) is 0 Å². The number of nitro groups is 1. The average molecular weight is 306 g/mol. The van der Waals surface area contributed by atoms with Gasteiger partial charge in [-0.2, -0.15) is 10.2 Å². The smallest absolute Gasteiger partial charge is 0.312 e. The number of rotatable bonds is 4. The van der Waals surface area contributed by atoms with E-state index in [0.29, 0.717) is 22.8 Å². The zero-order valence-electron chi connectivity index (χ0n) is 13.2. The number of nitrogens with one attached hydrogen (secondary N) is 1. The molecule has 0 aliphatic rings. The van der Waals surface area contributed by atoms with Gasteiger partial charge < -0.3 is 5.32 Å². The molecule has 118 valence electrons. The summed E-state index contributed by atoms with van der Waals surface area (Å²) in [5, 5.41) is 22.0. The van der Waals surface area contributed by atoms with Crippen LogP contribution < -0.4 is 5.32 Å². The summed E-state index contributed by atoms with van der Waals surface area (Å²) in [6, 6.07) is 0. The summed E-state index contributed by atoms with van der Waals surface area (Å²) in [4.78, 5) is 22.6. The van der Waals surface area contributed by atoms with Crippen LogP contribution in [0.2, 0.25) is 0 Å². The fourth-order valence-corrected chi connectivity index (χ4v) is 2.38. The molecule has 0 aromatic carbocycles. The van der Waals surface area contributed by atoms with Gasteiger partial charge in [-0.1, -0.05) is 0 Å². The summed E-state index contributed by atoms with van der Waals surface area (Å²) < 4.78 is 3.02. The van der Waals surface area contributed by atoms with Gasteiger partial charge in [-0.3, -0.25) is 24.3 Å². The van der Waals surface area contributed by atoms with Crippen LogP contribution in [0.4, 0.5) is 11.4 Å². The monoisotopic (exact) mass is 306 g/mol. The molecule has 2 rings (SSSR count). The summed E-state index contributed by atoms with van der Waals surface area (Å²) in [5.41, 5.74) is 2.81. The molecule has 0 bridgehead atoms. The van der Waals surface area contributed by atoms with Crippen LogP contribution in [0.25, 0.3) is 0 Å². The number of anilines is 1. The van der Waals surface area contributed by atoms with Gasteiger partial charge >= 0.3 is 5.69 Å². The maximum absolute atomic E-state index is 12.2. The second-order valence-electron chi connectivity index (χ2n) is 5.15. The summed E-state index contributed by atoms with van der Waals surface area (Å²) in [6.07, 6.45) is 0. The van der Waals surface area contributed by atoms with E-state index >= 15 is 0 Å². The van der Waals surface area contributed by atoms with Crippen molar-refractivity contribution in [3.8, 4) is 0 Å². The number of nitrogens with zero attached hydrogens (tertiary/aromatic N) is 5. The highest BCUT2D eigenvalue weighted by molar-refractivity contribution is 5.91. The molecule has 0 saturated heterocycles. The third-order valence-corrected chi connectivity index (χ3v) is 3.59. The van der Waals surface area contributed by atoms with Crippen LogP contribution in [-0.2, 0) is 18.4 Å². The molecule has 1 amide bonds. The number of carbonyl (C=O) groups excluding carboxylic acids is 1. The van der Waals surface area contributed by atoms with E-state index in [0.717, 1.165) is 5.69 Å². The van der Waals surface area contributed by atoms with Gasteiger partial charge in [0.15, 0.2) is 0 Å². The van der Waals surface area contributed by atoms with Crippen molar-refractivity contribution in [3.63, 3.8) is 0 Å². The first-order valence-electron chi connectivity index (χ1n) is 6.70. The first-order valence-corrected chi connectivity index (χ1v) is 6.70. The highest BCUT2D eigenvalue weighted by Gasteiger charge is 2.23. The fourth-order valence-electron chi connectivity index (χ4n) is 2.38. The summed E-state index contributed by atoms with van der Waals surface area (Å²) in [5.74, 6) is -0.306. The Morgan fingerprint density at radius 2 is 1.82 bits per heavy atom. The van der Waals surface area contributed by atoms with Crippen molar-refractivity contribution in [2.75, 3.05) is 5.32 Å². The quantitative estimate of drug-likeness (QED) is 0.678. The van der Waals surface area contributed by atoms with Gasteiger partial charge in [0.1, 0.15) is 17.9 Å². The minimum absolute atomic E-state index is 0.0541. The lowest BCUT2D eigenvalue weighted by Gasteiger charge is -2.06. The van der Waals surface area contributed by atoms with Gasteiger partial charge in [0, 0.05) is 7.05 Å². The third-order valence-electron chi connectivity index (χ3n) is 3.59. The lowest BCUT2D eigenvalue weighted by atomic mass is 10.3. The molecule has 0 saturated carbocycles. The van der Waals surface area contributed by atoms with Crippen molar-refractivity contribution in [1.82, 2.24) is 19.6 Å². The van der Waals surface area contributed by atoms with Crippen LogP contribution in [0.1, 0.15) is 22.8 Å². The first-order chi connectivity index (χ1) is 10.2. The number of aryl methyl sites for hydroxylation is 3. The molecule has 1 N–H and O–H groups in total. The van der Waals surface area contributed by atoms with E-state index in [1.54, 1.807) is 32.5 Å². The van der Waals surface area contributed by atoms with Gasteiger partial charge in [0.05, 0.1) is 22.0 Å². The van der Waals surface area contributed by atoms with Crippen molar-refractivity contribution in [2.24, 2.45) is 7.05 Å². The molecule has 2 aromatic rings. The minimum Gasteiger partial charge on any atom is -0.321 e. The molecule has 9 nitrogen and oxygen atoms in total. The molecular formula is C13H18N6O3. The Labute approximate surface area is 127 Å². The molecule has 0 spiro atoms. The average Bonchev–Trinajstić information content (AvgIpc) is 2.81. The molecule has 0 aliphatic heterocycles. The van der Waals surface area contributed by atoms with Crippen LogP contribution in [0, 0.1) is 37.8 Å². The summed E-state index contributed by atoms with van der Waals surface area (Å²) in [7, 11) is 1.79. The highest BCUT2D eigenvalue weighted by atomic mass is 16.6. The van der Waals surface area contributed by atoms with Crippen molar-refractivity contribution in [1.29, 1.82) is 0 Å². The third kappa shape index (κ3) is 2.69. The summed E-state index contributed by atoms with van der Waals surface area (Å²) in [6.45, 7) is 6.69. The predicted octanol–water partition coefficient (Wildman–Crippen LogP) is 1.40. The molecule has 0 unspecified atom stereocenters. The molecule has 22 heavy (non-hydrogen) atoms. The van der Waals surface area contributed by atoms with E-state index in [9.17, 15) is 14.9 Å². The maximum atomic E-state index is 12.2. The minimum atomic E-state index is -0.485. The normalized spacial score (nSPS) is 10.8. The molecular weight excluding hydrogens is 288 g/mol. The molecule has 9 heteroatoms. The van der Waals surface area contributed by atoms with E-state index in [1.807, 2.05) is 6.92 Å². The molecule has 0 fully saturated rings. The van der Waals surface area contributed by atoms with Crippen LogP contribution in [0.15, 0.2) is 0 Å². The van der Waals surface area contributed by atoms with Crippen LogP contribution in [0.5, 0.6) is 0 Å². The lowest BCUT2D eigenvalue weighted by Crippen LogP contribution is -2.21. The number of amides is 1. The standard InChI is InChI=1S/C13H18N6O3/c1-7-12(9(3)17(5)15-7)14-11(20)6-18-10(4)13(19(21)22)8(2)16-18/h6H2,1-5H3,(H,14,20). The van der Waals surface area contributed by atoms with Crippen molar-refractivity contribution < 1.29 is 9.72 Å². The van der Waals surface area contributed by atoms with Gasteiger partial charge in [-0.25, -0.2) is 0 Å². The van der Waals surface area contributed by atoms with E-state index in [4.69, 9.17) is 0 Å². The fraction of sp³-hybridized carbons (Fsp3) is 0.462. The summed E-state index contributed by atoms with van der Waals surface area (Å²) >= 11 is 0. The number of hydrogen-bond donors (Lipinski definition) is 1. The Balaban J connectivity index is 2.20. The highest BCUT2D eigenvalue weighted by Crippen LogP contribution is 2.22. The zero-order valence-corrected chi connectivity index (χ0v) is 13.2. The van der Waals surface area contributed by atoms with E-state index < -0.39 is 4.92 Å². The molecule has 0 radical (unpaired) electrons. The molecule has 0 atom stereocenters. The number of hydrogen-bond acceptors (Lipinski definition) is 5. The Kier molecular flexibility index (Phi) is 3.98. The Bertz CT molecular complexity index is 758. The molecule has 2 heterocycles. The van der Waals surface area contributed by atoms with Gasteiger partial charge in [-0.05, 0) is 27.7 Å². The van der Waals surface area contributed by atoms with E-state index in [1.165, 1.54) is 4.68 Å². The lowest BCUT2D eigenvalue weighted by molar-refractivity contribution is -0.386. The Morgan fingerprint density at radius 3 is 2.27 bits per heavy atom. The number of carbonyl (C=O) groups is 1.